The van der Waals surface area contributed by atoms with Crippen LogP contribution in [0.5, 0.6) is 0 Å². The number of carbonyl (C=O) groups is 4. The molecule has 0 aliphatic carbocycles. The molecule has 0 fully saturated rings. The maximum atomic E-state index is 9.00. The minimum Gasteiger partial charge on any atom is -0.481 e. The molecule has 0 saturated carbocycles. The predicted molar refractivity (Wildman–Crippen MR) is 85.9 cm³/mol. The molecule has 0 unspecified atom stereocenters. The fourth-order valence-electron chi connectivity index (χ4n) is 0.118. The number of hydrogen-bond acceptors (Lipinski definition) is 6. The van der Waals surface area contributed by atoms with E-state index < -0.39 is 23.9 Å². The lowest BCUT2D eigenvalue weighted by molar-refractivity contribution is -0.135. The average molecular weight is 344 g/mol. The molecule has 134 valence electrons. The van der Waals surface area contributed by atoms with Crippen molar-refractivity contribution in [1.82, 2.24) is 0 Å². The summed E-state index contributed by atoms with van der Waals surface area (Å²) < 4.78 is 0. The highest BCUT2D eigenvalue weighted by Crippen LogP contribution is 1.58. The van der Waals surface area contributed by atoms with Crippen LogP contribution in [0.25, 0.3) is 0 Å². The number of rotatable bonds is 2. The maximum absolute atomic E-state index is 9.00. The lowest BCUT2D eigenvalue weighted by Crippen LogP contribution is -2.06. The van der Waals surface area contributed by atoms with Gasteiger partial charge in [0.05, 0.1) is 0 Å². The Bertz CT molecular complexity index is 209. The first kappa shape index (κ1) is 37.0. The number of aliphatic carboxylic acids is 4. The normalized spacial score (nSPS) is 6.45. The molecular formula is C11H29AlN2O8. The molecule has 0 aliphatic rings. The van der Waals surface area contributed by atoms with Gasteiger partial charge in [-0.05, 0) is 19.5 Å². The molecule has 0 aliphatic heterocycles. The van der Waals surface area contributed by atoms with E-state index in [0.717, 1.165) is 47.2 Å². The van der Waals surface area contributed by atoms with Crippen molar-refractivity contribution in [3.63, 3.8) is 0 Å². The molecule has 8 N–H and O–H groups in total. The Morgan fingerprint density at radius 2 is 0.727 bits per heavy atom. The van der Waals surface area contributed by atoms with Crippen LogP contribution in [0.4, 0.5) is 0 Å². The van der Waals surface area contributed by atoms with Crippen LogP contribution in [0.15, 0.2) is 0 Å². The SMILES string of the molecule is CC(=O)O.CC(=O)O.CC(=O)O.CC(=O)O.NCCCN.[AlH3]. The molecule has 22 heavy (non-hydrogen) atoms. The van der Waals surface area contributed by atoms with E-state index >= 15 is 0 Å². The first-order valence-electron chi connectivity index (χ1n) is 5.53. The standard InChI is InChI=1S/C3H10N2.4C2H4O2.Al.3H/c4-2-1-3-5;4*1-2(3)4;;;;/h1-5H2;4*1H3,(H,3,4);;;;. The van der Waals surface area contributed by atoms with Crippen LogP contribution in [-0.2, 0) is 19.2 Å². The topological polar surface area (TPSA) is 201 Å². The van der Waals surface area contributed by atoms with Crippen LogP contribution in [0, 0.1) is 0 Å². The van der Waals surface area contributed by atoms with Crippen LogP contribution in [0.3, 0.4) is 0 Å². The molecule has 0 amide bonds. The second-order valence-electron chi connectivity index (χ2n) is 3.01. The summed E-state index contributed by atoms with van der Waals surface area (Å²) in [6, 6.07) is 0. The van der Waals surface area contributed by atoms with Gasteiger partial charge < -0.3 is 31.9 Å². The summed E-state index contributed by atoms with van der Waals surface area (Å²) in [5.41, 5.74) is 10.1. The molecule has 0 rings (SSSR count). The lowest BCUT2D eigenvalue weighted by atomic mass is 10.4. The number of carboxylic acids is 4. The first-order valence-corrected chi connectivity index (χ1v) is 5.53. The number of nitrogens with two attached hydrogens (primary N) is 2. The van der Waals surface area contributed by atoms with Gasteiger partial charge in [0.15, 0.2) is 17.4 Å². The monoisotopic (exact) mass is 344 g/mol. The summed E-state index contributed by atoms with van der Waals surface area (Å²) in [6.45, 7) is 5.77. The van der Waals surface area contributed by atoms with Crippen molar-refractivity contribution in [2.45, 2.75) is 34.1 Å². The van der Waals surface area contributed by atoms with Gasteiger partial charge in [-0.2, -0.15) is 0 Å². The Hall–Kier alpha value is -1.67. The third-order valence-electron chi connectivity index (χ3n) is 0.408. The van der Waals surface area contributed by atoms with E-state index in [0.29, 0.717) is 0 Å². The molecule has 0 atom stereocenters. The highest BCUT2D eigenvalue weighted by Gasteiger charge is 1.68. The zero-order valence-corrected chi connectivity index (χ0v) is 12.7. The highest BCUT2D eigenvalue weighted by molar-refractivity contribution is 5.75. The van der Waals surface area contributed by atoms with Crippen molar-refractivity contribution in [3.8, 4) is 0 Å². The van der Waals surface area contributed by atoms with E-state index in [1.807, 2.05) is 0 Å². The minimum atomic E-state index is -0.833. The van der Waals surface area contributed by atoms with E-state index in [9.17, 15) is 0 Å². The van der Waals surface area contributed by atoms with Crippen molar-refractivity contribution in [3.05, 3.63) is 0 Å². The summed E-state index contributed by atoms with van der Waals surface area (Å²) in [6.07, 6.45) is 0.944. The van der Waals surface area contributed by atoms with Crippen molar-refractivity contribution in [2.75, 3.05) is 13.1 Å². The summed E-state index contributed by atoms with van der Waals surface area (Å²) in [5.74, 6) is -3.33. The van der Waals surface area contributed by atoms with Gasteiger partial charge in [0.1, 0.15) is 0 Å². The Balaban J connectivity index is -0.0000000361. The number of hydrogen-bond donors (Lipinski definition) is 6. The van der Waals surface area contributed by atoms with Crippen LogP contribution in [-0.4, -0.2) is 74.8 Å². The highest BCUT2D eigenvalue weighted by atomic mass is 27.0. The van der Waals surface area contributed by atoms with Crippen molar-refractivity contribution < 1.29 is 39.6 Å². The molecule has 0 aromatic heterocycles. The largest absolute Gasteiger partial charge is 0.481 e. The van der Waals surface area contributed by atoms with Gasteiger partial charge in [-0.25, -0.2) is 0 Å². The molecule has 10 nitrogen and oxygen atoms in total. The van der Waals surface area contributed by atoms with Gasteiger partial charge >= 0.3 is 0 Å². The van der Waals surface area contributed by atoms with Gasteiger partial charge in [-0.1, -0.05) is 0 Å². The smallest absolute Gasteiger partial charge is 0.300 e. The maximum Gasteiger partial charge on any atom is 0.300 e. The van der Waals surface area contributed by atoms with Gasteiger partial charge in [-0.15, -0.1) is 0 Å². The molecule has 0 bridgehead atoms. The van der Waals surface area contributed by atoms with E-state index in [4.69, 9.17) is 51.1 Å². The van der Waals surface area contributed by atoms with E-state index in [1.54, 1.807) is 0 Å². The third-order valence-corrected chi connectivity index (χ3v) is 0.408. The fraction of sp³-hybridized carbons (Fsp3) is 0.636. The molecule has 0 aromatic rings. The Morgan fingerprint density at radius 1 is 0.636 bits per heavy atom. The fourth-order valence-corrected chi connectivity index (χ4v) is 0.118. The Labute approximate surface area is 140 Å². The second-order valence-corrected chi connectivity index (χ2v) is 3.01. The van der Waals surface area contributed by atoms with Crippen LogP contribution in [0.2, 0.25) is 0 Å². The Kier molecular flexibility index (Phi) is 61.5. The lowest BCUT2D eigenvalue weighted by Gasteiger charge is -1.81. The van der Waals surface area contributed by atoms with Gasteiger partial charge in [0.2, 0.25) is 0 Å². The summed E-state index contributed by atoms with van der Waals surface area (Å²) in [4.78, 5) is 36.0. The Morgan fingerprint density at radius 3 is 0.727 bits per heavy atom. The first-order chi connectivity index (χ1) is 9.34. The van der Waals surface area contributed by atoms with Gasteiger partial charge in [-0.3, -0.25) is 19.2 Å². The van der Waals surface area contributed by atoms with E-state index in [1.165, 1.54) is 0 Å². The van der Waals surface area contributed by atoms with E-state index in [2.05, 4.69) is 0 Å². The second kappa shape index (κ2) is 36.6. The van der Waals surface area contributed by atoms with Gasteiger partial charge in [0, 0.05) is 27.7 Å². The number of carboxylic acid groups (broad SMARTS) is 4. The van der Waals surface area contributed by atoms with Crippen LogP contribution < -0.4 is 11.5 Å². The quantitative estimate of drug-likeness (QED) is 0.319. The van der Waals surface area contributed by atoms with Crippen molar-refractivity contribution in [2.24, 2.45) is 11.5 Å². The predicted octanol–water partition coefficient (Wildman–Crippen LogP) is -1.53. The average Bonchev–Trinajstić information content (AvgIpc) is 2.14. The van der Waals surface area contributed by atoms with Crippen molar-refractivity contribution in [1.29, 1.82) is 0 Å². The third kappa shape index (κ3) is 49800. The minimum absolute atomic E-state index is 0. The molecule has 0 radical (unpaired) electrons. The summed E-state index contributed by atoms with van der Waals surface area (Å²) in [7, 11) is 0. The molecular weight excluding hydrogens is 315 g/mol. The zero-order chi connectivity index (χ0) is 18.4. The van der Waals surface area contributed by atoms with Gasteiger partial charge in [0.25, 0.3) is 23.9 Å². The van der Waals surface area contributed by atoms with Crippen molar-refractivity contribution >= 4 is 41.2 Å². The molecule has 0 spiro atoms. The molecule has 0 saturated heterocycles. The van der Waals surface area contributed by atoms with Crippen LogP contribution >= 0.6 is 0 Å². The van der Waals surface area contributed by atoms with Crippen LogP contribution in [0.1, 0.15) is 34.1 Å². The molecule has 0 heterocycles. The van der Waals surface area contributed by atoms with E-state index in [-0.39, 0.29) is 17.4 Å². The summed E-state index contributed by atoms with van der Waals surface area (Å²) in [5, 5.41) is 29.7. The summed E-state index contributed by atoms with van der Waals surface area (Å²) >= 11 is 0. The molecule has 11 heteroatoms. The molecule has 0 aromatic carbocycles. The zero-order valence-electron chi connectivity index (χ0n) is 12.7.